The second-order valence-corrected chi connectivity index (χ2v) is 2.75. The molecule has 0 aliphatic rings. The molecule has 0 radical (unpaired) electrons. The number of hydrogen-bond acceptors (Lipinski definition) is 4. The molecule has 0 unspecified atom stereocenters. The molecular formula is C7H8N4O3. The molecule has 2 aromatic rings. The smallest absolute Gasteiger partial charge is 0.353 e. The van der Waals surface area contributed by atoms with Crippen LogP contribution in [-0.4, -0.2) is 42.6 Å². The van der Waals surface area contributed by atoms with E-state index in [1.807, 2.05) is 0 Å². The van der Waals surface area contributed by atoms with E-state index in [1.165, 1.54) is 10.7 Å². The third-order valence-corrected chi connectivity index (χ3v) is 1.74. The highest BCUT2D eigenvalue weighted by atomic mass is 16.4. The maximum absolute atomic E-state index is 10.5. The lowest BCUT2D eigenvalue weighted by Crippen LogP contribution is -2.00. The molecule has 0 bridgehead atoms. The van der Waals surface area contributed by atoms with E-state index in [-0.39, 0.29) is 12.3 Å². The standard InChI is InChI=1S/C7H8N4O3/c12-2-1-5-8-6-3-4(7(13)14)9-11(6)10-5/h3,9,12H,1-2H2,(H,13,14). The molecule has 7 nitrogen and oxygen atoms in total. The Morgan fingerprint density at radius 1 is 1.64 bits per heavy atom. The predicted molar refractivity (Wildman–Crippen MR) is 45.1 cm³/mol. The molecule has 2 rings (SSSR count). The molecule has 0 atom stereocenters. The van der Waals surface area contributed by atoms with E-state index in [0.717, 1.165) is 0 Å². The molecule has 7 heteroatoms. The molecule has 0 aromatic carbocycles. The average Bonchev–Trinajstić information content (AvgIpc) is 2.61. The van der Waals surface area contributed by atoms with E-state index in [2.05, 4.69) is 15.2 Å². The molecule has 0 amide bonds. The van der Waals surface area contributed by atoms with E-state index in [0.29, 0.717) is 17.9 Å². The Morgan fingerprint density at radius 2 is 2.43 bits per heavy atom. The monoisotopic (exact) mass is 196 g/mol. The first-order valence-electron chi connectivity index (χ1n) is 3.99. The third-order valence-electron chi connectivity index (χ3n) is 1.74. The van der Waals surface area contributed by atoms with Crippen molar-refractivity contribution in [3.8, 4) is 0 Å². The van der Waals surface area contributed by atoms with Crippen molar-refractivity contribution in [3.05, 3.63) is 17.6 Å². The molecule has 3 N–H and O–H groups in total. The first-order chi connectivity index (χ1) is 6.70. The number of carboxylic acids is 1. The Hall–Kier alpha value is -1.89. The normalized spacial score (nSPS) is 10.9. The largest absolute Gasteiger partial charge is 0.477 e. The summed E-state index contributed by atoms with van der Waals surface area (Å²) in [5, 5.41) is 23.7. The van der Waals surface area contributed by atoms with Crippen molar-refractivity contribution in [2.45, 2.75) is 6.42 Å². The van der Waals surface area contributed by atoms with Crippen molar-refractivity contribution in [1.82, 2.24) is 19.8 Å². The molecular weight excluding hydrogens is 188 g/mol. The number of fused-ring (bicyclic) bond motifs is 1. The Morgan fingerprint density at radius 3 is 3.00 bits per heavy atom. The maximum atomic E-state index is 10.5. The molecule has 14 heavy (non-hydrogen) atoms. The van der Waals surface area contributed by atoms with E-state index in [9.17, 15) is 4.79 Å². The first-order valence-corrected chi connectivity index (χ1v) is 3.99. The van der Waals surface area contributed by atoms with Crippen LogP contribution in [-0.2, 0) is 6.42 Å². The van der Waals surface area contributed by atoms with Gasteiger partial charge in [-0.05, 0) is 0 Å². The van der Waals surface area contributed by atoms with Crippen LogP contribution in [0.2, 0.25) is 0 Å². The summed E-state index contributed by atoms with van der Waals surface area (Å²) in [6, 6.07) is 1.39. The summed E-state index contributed by atoms with van der Waals surface area (Å²) in [5.41, 5.74) is 0.474. The van der Waals surface area contributed by atoms with Crippen LogP contribution in [0.4, 0.5) is 0 Å². The summed E-state index contributed by atoms with van der Waals surface area (Å²) < 4.78 is 1.27. The number of aliphatic hydroxyl groups is 1. The second-order valence-electron chi connectivity index (χ2n) is 2.75. The Labute approximate surface area is 78.0 Å². The van der Waals surface area contributed by atoms with Crippen molar-refractivity contribution in [2.75, 3.05) is 6.61 Å². The molecule has 0 aliphatic carbocycles. The van der Waals surface area contributed by atoms with Gasteiger partial charge in [0.25, 0.3) is 0 Å². The number of H-pyrrole nitrogens is 1. The van der Waals surface area contributed by atoms with Crippen LogP contribution in [0.25, 0.3) is 5.65 Å². The van der Waals surface area contributed by atoms with Crippen LogP contribution in [0.3, 0.4) is 0 Å². The number of carbonyl (C=O) groups is 1. The van der Waals surface area contributed by atoms with Crippen LogP contribution in [0.5, 0.6) is 0 Å². The van der Waals surface area contributed by atoms with Crippen molar-refractivity contribution in [1.29, 1.82) is 0 Å². The lowest BCUT2D eigenvalue weighted by Gasteiger charge is -1.86. The Bertz CT molecular complexity index is 441. The fourth-order valence-corrected chi connectivity index (χ4v) is 1.14. The van der Waals surface area contributed by atoms with Gasteiger partial charge in [0.2, 0.25) is 0 Å². The van der Waals surface area contributed by atoms with Gasteiger partial charge in [-0.2, -0.15) is 4.63 Å². The van der Waals surface area contributed by atoms with Crippen molar-refractivity contribution >= 4 is 11.6 Å². The molecule has 2 aromatic heterocycles. The Balaban J connectivity index is 2.40. The third kappa shape index (κ3) is 1.33. The number of nitrogens with one attached hydrogen (secondary N) is 1. The lowest BCUT2D eigenvalue weighted by atomic mass is 10.4. The van der Waals surface area contributed by atoms with E-state index in [4.69, 9.17) is 10.2 Å². The summed E-state index contributed by atoms with van der Waals surface area (Å²) >= 11 is 0. The summed E-state index contributed by atoms with van der Waals surface area (Å²) in [6.07, 6.45) is 0.359. The molecule has 74 valence electrons. The predicted octanol–water partition coefficient (Wildman–Crippen LogP) is -0.710. The molecule has 0 aliphatic heterocycles. The van der Waals surface area contributed by atoms with E-state index < -0.39 is 5.97 Å². The zero-order chi connectivity index (χ0) is 10.1. The summed E-state index contributed by atoms with van der Waals surface area (Å²) in [6.45, 7) is -0.0288. The van der Waals surface area contributed by atoms with Gasteiger partial charge in [0.15, 0.2) is 11.5 Å². The lowest BCUT2D eigenvalue weighted by molar-refractivity contribution is 0.0689. The maximum Gasteiger partial charge on any atom is 0.353 e. The Kier molecular flexibility index (Phi) is 1.93. The van der Waals surface area contributed by atoms with Gasteiger partial charge in [0.1, 0.15) is 5.69 Å². The van der Waals surface area contributed by atoms with Crippen LogP contribution >= 0.6 is 0 Å². The number of carboxylic acid groups (broad SMARTS) is 1. The number of aromatic amines is 1. The minimum absolute atomic E-state index is 0.0288. The highest BCUT2D eigenvalue weighted by Crippen LogP contribution is 2.04. The quantitative estimate of drug-likeness (QED) is 0.601. The zero-order valence-electron chi connectivity index (χ0n) is 7.14. The number of nitrogens with zero attached hydrogens (tertiary/aromatic N) is 3. The van der Waals surface area contributed by atoms with Crippen molar-refractivity contribution in [3.63, 3.8) is 0 Å². The minimum atomic E-state index is -1.05. The highest BCUT2D eigenvalue weighted by molar-refractivity contribution is 5.86. The second kappa shape index (κ2) is 3.11. The van der Waals surface area contributed by atoms with Gasteiger partial charge < -0.3 is 10.2 Å². The van der Waals surface area contributed by atoms with Gasteiger partial charge >= 0.3 is 5.97 Å². The fourth-order valence-electron chi connectivity index (χ4n) is 1.14. The fraction of sp³-hybridized carbons (Fsp3) is 0.286. The molecule has 0 spiro atoms. The van der Waals surface area contributed by atoms with Gasteiger partial charge in [0, 0.05) is 12.5 Å². The van der Waals surface area contributed by atoms with Crippen LogP contribution in [0.1, 0.15) is 16.3 Å². The SMILES string of the molecule is O=C(O)c1cc2nc(CCO)nn2[nH]1. The topological polar surface area (TPSA) is 104 Å². The molecule has 0 saturated heterocycles. The van der Waals surface area contributed by atoms with Crippen LogP contribution in [0.15, 0.2) is 6.07 Å². The van der Waals surface area contributed by atoms with Gasteiger partial charge in [-0.25, -0.2) is 9.78 Å². The first kappa shape index (κ1) is 8.70. The van der Waals surface area contributed by atoms with Gasteiger partial charge in [0.05, 0.1) is 6.61 Å². The highest BCUT2D eigenvalue weighted by Gasteiger charge is 2.10. The summed E-state index contributed by atoms with van der Waals surface area (Å²) in [7, 11) is 0. The number of rotatable bonds is 3. The van der Waals surface area contributed by atoms with Crippen molar-refractivity contribution in [2.24, 2.45) is 0 Å². The average molecular weight is 196 g/mol. The zero-order valence-corrected chi connectivity index (χ0v) is 7.14. The summed E-state index contributed by atoms with van der Waals surface area (Å²) in [5.74, 6) is -0.573. The van der Waals surface area contributed by atoms with Gasteiger partial charge in [-0.15, -0.1) is 5.10 Å². The van der Waals surface area contributed by atoms with E-state index >= 15 is 0 Å². The number of aromatic nitrogens is 4. The number of aliphatic hydroxyl groups excluding tert-OH is 1. The van der Waals surface area contributed by atoms with Crippen molar-refractivity contribution < 1.29 is 15.0 Å². The molecule has 0 saturated carbocycles. The molecule has 2 heterocycles. The number of hydrogen-bond donors (Lipinski definition) is 3. The minimum Gasteiger partial charge on any atom is -0.477 e. The van der Waals surface area contributed by atoms with E-state index in [1.54, 1.807) is 0 Å². The number of aromatic carboxylic acids is 1. The van der Waals surface area contributed by atoms with Crippen LogP contribution in [0, 0.1) is 0 Å². The van der Waals surface area contributed by atoms with Gasteiger partial charge in [-0.3, -0.25) is 5.10 Å². The van der Waals surface area contributed by atoms with Crippen LogP contribution < -0.4 is 0 Å². The molecule has 0 fully saturated rings. The van der Waals surface area contributed by atoms with Gasteiger partial charge in [-0.1, -0.05) is 0 Å². The summed E-state index contributed by atoms with van der Waals surface area (Å²) in [4.78, 5) is 14.5.